The van der Waals surface area contributed by atoms with Crippen LogP contribution in [0.15, 0.2) is 22.8 Å². The van der Waals surface area contributed by atoms with E-state index >= 15 is 0 Å². The molecule has 1 atom stereocenters. The average Bonchev–Trinajstić information content (AvgIpc) is 2.95. The van der Waals surface area contributed by atoms with Gasteiger partial charge in [-0.2, -0.15) is 0 Å². The van der Waals surface area contributed by atoms with Crippen LogP contribution >= 0.6 is 0 Å². The van der Waals surface area contributed by atoms with E-state index < -0.39 is 0 Å². The number of hydrogen-bond donors (Lipinski definition) is 0. The lowest BCUT2D eigenvalue weighted by molar-refractivity contribution is -0.145. The number of hydrogen-bond acceptors (Lipinski definition) is 5. The van der Waals surface area contributed by atoms with Gasteiger partial charge in [-0.3, -0.25) is 4.79 Å². The van der Waals surface area contributed by atoms with Crippen molar-refractivity contribution in [3.05, 3.63) is 23.8 Å². The number of likely N-dealkylation sites (N-methyl/N-ethyl adjacent to an activating group) is 1. The Kier molecular flexibility index (Phi) is 3.64. The largest absolute Gasteiger partial charge is 0.368 e. The molecule has 1 aliphatic heterocycles. The van der Waals surface area contributed by atoms with Crippen molar-refractivity contribution >= 4 is 16.9 Å². The molecule has 0 spiro atoms. The molecule has 1 saturated heterocycles. The Morgan fingerprint density at radius 1 is 1.35 bits per heavy atom. The third-order valence-electron chi connectivity index (χ3n) is 3.57. The molecule has 1 aromatic heterocycles. The van der Waals surface area contributed by atoms with Crippen LogP contribution in [-0.2, 0) is 16.1 Å². The maximum Gasteiger partial charge on any atom is 0.251 e. The highest BCUT2D eigenvalue weighted by Gasteiger charge is 2.24. The van der Waals surface area contributed by atoms with E-state index in [0.717, 1.165) is 30.3 Å². The molecule has 1 aromatic carbocycles. The smallest absolute Gasteiger partial charge is 0.251 e. The van der Waals surface area contributed by atoms with Crippen molar-refractivity contribution in [2.75, 3.05) is 13.7 Å². The minimum Gasteiger partial charge on any atom is -0.368 e. The second-order valence-electron chi connectivity index (χ2n) is 5.14. The first kappa shape index (κ1) is 13.1. The second kappa shape index (κ2) is 5.58. The van der Waals surface area contributed by atoms with Crippen LogP contribution in [0.5, 0.6) is 0 Å². The van der Waals surface area contributed by atoms with Gasteiger partial charge in [0.2, 0.25) is 0 Å². The van der Waals surface area contributed by atoms with Gasteiger partial charge in [0.25, 0.3) is 5.91 Å². The zero-order valence-electron chi connectivity index (χ0n) is 11.4. The molecule has 3 rings (SSSR count). The van der Waals surface area contributed by atoms with Crippen LogP contribution < -0.4 is 0 Å². The van der Waals surface area contributed by atoms with E-state index in [4.69, 9.17) is 4.74 Å². The van der Waals surface area contributed by atoms with Gasteiger partial charge in [-0.15, -0.1) is 0 Å². The van der Waals surface area contributed by atoms with E-state index in [2.05, 4.69) is 14.9 Å². The summed E-state index contributed by atoms with van der Waals surface area (Å²) in [7, 11) is 1.80. The van der Waals surface area contributed by atoms with Gasteiger partial charge in [-0.25, -0.2) is 4.63 Å². The molecule has 6 nitrogen and oxygen atoms in total. The van der Waals surface area contributed by atoms with E-state index in [1.165, 1.54) is 0 Å². The van der Waals surface area contributed by atoms with Crippen molar-refractivity contribution in [1.82, 2.24) is 15.2 Å². The molecular formula is C14H17N3O3. The second-order valence-corrected chi connectivity index (χ2v) is 5.14. The molecule has 1 fully saturated rings. The number of carbonyl (C=O) groups is 1. The Labute approximate surface area is 116 Å². The zero-order valence-corrected chi connectivity index (χ0v) is 11.4. The molecule has 2 heterocycles. The molecule has 1 amide bonds. The van der Waals surface area contributed by atoms with Gasteiger partial charge in [0.05, 0.1) is 0 Å². The van der Waals surface area contributed by atoms with Crippen LogP contribution in [0.4, 0.5) is 0 Å². The van der Waals surface area contributed by atoms with Crippen molar-refractivity contribution < 1.29 is 14.2 Å². The first-order chi connectivity index (χ1) is 9.74. The van der Waals surface area contributed by atoms with Crippen molar-refractivity contribution in [1.29, 1.82) is 0 Å². The number of benzene rings is 1. The molecule has 0 aliphatic carbocycles. The number of ether oxygens (including phenoxy) is 1. The van der Waals surface area contributed by atoms with Gasteiger partial charge < -0.3 is 9.64 Å². The molecule has 2 aromatic rings. The first-order valence-corrected chi connectivity index (χ1v) is 6.82. The fourth-order valence-corrected chi connectivity index (χ4v) is 2.46. The quantitative estimate of drug-likeness (QED) is 0.853. The molecule has 1 aliphatic rings. The predicted molar refractivity (Wildman–Crippen MR) is 71.9 cm³/mol. The molecule has 0 N–H and O–H groups in total. The van der Waals surface area contributed by atoms with Crippen molar-refractivity contribution in [2.24, 2.45) is 0 Å². The van der Waals surface area contributed by atoms with Gasteiger partial charge in [0.1, 0.15) is 17.1 Å². The molecule has 20 heavy (non-hydrogen) atoms. The molecule has 6 heteroatoms. The van der Waals surface area contributed by atoms with Gasteiger partial charge in [-0.1, -0.05) is 6.07 Å². The van der Waals surface area contributed by atoms with Crippen molar-refractivity contribution in [3.8, 4) is 0 Å². The Bertz CT molecular complexity index is 604. The average molecular weight is 275 g/mol. The van der Waals surface area contributed by atoms with Crippen LogP contribution in [0.3, 0.4) is 0 Å². The number of nitrogens with zero attached hydrogens (tertiary/aromatic N) is 3. The van der Waals surface area contributed by atoms with E-state index in [1.54, 1.807) is 11.9 Å². The highest BCUT2D eigenvalue weighted by atomic mass is 16.6. The fourth-order valence-electron chi connectivity index (χ4n) is 2.46. The van der Waals surface area contributed by atoms with Crippen molar-refractivity contribution in [3.63, 3.8) is 0 Å². The molecule has 0 bridgehead atoms. The maximum atomic E-state index is 12.3. The van der Waals surface area contributed by atoms with Crippen LogP contribution in [0, 0.1) is 0 Å². The molecule has 106 valence electrons. The Morgan fingerprint density at radius 3 is 3.00 bits per heavy atom. The van der Waals surface area contributed by atoms with Crippen LogP contribution in [0.25, 0.3) is 11.0 Å². The minimum absolute atomic E-state index is 0.0445. The van der Waals surface area contributed by atoms with E-state index in [9.17, 15) is 4.79 Å². The summed E-state index contributed by atoms with van der Waals surface area (Å²) in [6, 6.07) is 5.66. The number of carbonyl (C=O) groups excluding carboxylic acids is 1. The SMILES string of the molecule is CN(Cc1ccc2nonc2c1)C(=O)[C@@H]1CCCCO1. The summed E-state index contributed by atoms with van der Waals surface area (Å²) in [4.78, 5) is 14.0. The van der Waals surface area contributed by atoms with Gasteiger partial charge in [0, 0.05) is 20.2 Å². The third-order valence-corrected chi connectivity index (χ3v) is 3.57. The van der Waals surface area contributed by atoms with Crippen LogP contribution in [0.1, 0.15) is 24.8 Å². The summed E-state index contributed by atoms with van der Waals surface area (Å²) < 4.78 is 10.2. The summed E-state index contributed by atoms with van der Waals surface area (Å²) in [6.07, 6.45) is 2.63. The highest BCUT2D eigenvalue weighted by Crippen LogP contribution is 2.17. The standard InChI is InChI=1S/C14H17N3O3/c1-17(14(18)13-4-2-3-7-19-13)9-10-5-6-11-12(8-10)16-20-15-11/h5-6,8,13H,2-4,7,9H2,1H3/t13-/m0/s1. The molecule has 0 saturated carbocycles. The lowest BCUT2D eigenvalue weighted by atomic mass is 10.1. The zero-order chi connectivity index (χ0) is 13.9. The topological polar surface area (TPSA) is 68.5 Å². The van der Waals surface area contributed by atoms with Crippen LogP contribution in [0.2, 0.25) is 0 Å². The van der Waals surface area contributed by atoms with Crippen molar-refractivity contribution in [2.45, 2.75) is 31.9 Å². The third kappa shape index (κ3) is 2.65. The van der Waals surface area contributed by atoms with Gasteiger partial charge in [-0.05, 0) is 47.3 Å². The summed E-state index contributed by atoms with van der Waals surface area (Å²) in [5.41, 5.74) is 2.43. The maximum absolute atomic E-state index is 12.3. The van der Waals surface area contributed by atoms with Gasteiger partial charge >= 0.3 is 0 Å². The fraction of sp³-hybridized carbons (Fsp3) is 0.500. The van der Waals surface area contributed by atoms with E-state index in [1.807, 2.05) is 18.2 Å². The lowest BCUT2D eigenvalue weighted by Gasteiger charge is -2.26. The first-order valence-electron chi connectivity index (χ1n) is 6.82. The Morgan fingerprint density at radius 2 is 2.20 bits per heavy atom. The summed E-state index contributed by atoms with van der Waals surface area (Å²) in [5.74, 6) is 0.0445. The van der Waals surface area contributed by atoms with Gasteiger partial charge in [0.15, 0.2) is 0 Å². The number of fused-ring (bicyclic) bond motifs is 1. The minimum atomic E-state index is -0.286. The summed E-state index contributed by atoms with van der Waals surface area (Å²) in [5, 5.41) is 7.57. The number of amides is 1. The van der Waals surface area contributed by atoms with E-state index in [0.29, 0.717) is 18.7 Å². The molecular weight excluding hydrogens is 258 g/mol. The summed E-state index contributed by atoms with van der Waals surface area (Å²) >= 11 is 0. The molecule has 0 radical (unpaired) electrons. The van der Waals surface area contributed by atoms with Crippen LogP contribution in [-0.4, -0.2) is 40.9 Å². The predicted octanol–water partition coefficient (Wildman–Crippen LogP) is 1.75. The summed E-state index contributed by atoms with van der Waals surface area (Å²) in [6.45, 7) is 1.21. The Hall–Kier alpha value is -1.95. The lowest BCUT2D eigenvalue weighted by Crippen LogP contribution is -2.39. The molecule has 0 unspecified atom stereocenters. The Balaban J connectivity index is 1.67. The monoisotopic (exact) mass is 275 g/mol. The number of aromatic nitrogens is 2. The van der Waals surface area contributed by atoms with E-state index in [-0.39, 0.29) is 12.0 Å². The number of rotatable bonds is 3. The highest BCUT2D eigenvalue weighted by molar-refractivity contribution is 5.81. The normalized spacial score (nSPS) is 19.1.